The Morgan fingerprint density at radius 2 is 1.86 bits per heavy atom. The van der Waals surface area contributed by atoms with Gasteiger partial charge in [-0.1, -0.05) is 38.0 Å². The van der Waals surface area contributed by atoms with Crippen LogP contribution in [0, 0.1) is 11.8 Å². The molecular formula is C26H39NO8S. The van der Waals surface area contributed by atoms with Crippen LogP contribution in [0.2, 0.25) is 0 Å². The first-order chi connectivity index (χ1) is 17.2. The van der Waals surface area contributed by atoms with E-state index in [9.17, 15) is 30.0 Å². The van der Waals surface area contributed by atoms with E-state index in [4.69, 9.17) is 9.47 Å². The summed E-state index contributed by atoms with van der Waals surface area (Å²) >= 11 is 1.12. The molecule has 1 saturated carbocycles. The van der Waals surface area contributed by atoms with Gasteiger partial charge in [0.05, 0.1) is 17.7 Å². The lowest BCUT2D eigenvalue weighted by Gasteiger charge is -2.44. The van der Waals surface area contributed by atoms with Gasteiger partial charge in [-0.2, -0.15) is 0 Å². The van der Waals surface area contributed by atoms with Gasteiger partial charge < -0.3 is 35.2 Å². The van der Waals surface area contributed by atoms with Crippen molar-refractivity contribution >= 4 is 23.6 Å². The van der Waals surface area contributed by atoms with Crippen LogP contribution in [-0.2, 0) is 14.3 Å². The number of carbonyl (C=O) groups excluding carboxylic acids is 2. The standard InChI is InChI=1S/C26H39NO8S/c1-3-7-16-10-11-18(14-16)24(32)27-19(15(2)28)23-21(30)20(29)22(31)26(35-23)36-13-12-34-25(33)17-8-5-4-6-9-17/h4-6,8-9,15-16,18-23,26,28-31H,3,7,10-14H2,1-2H3,(H,27,32)/t15-,16+,18+,19-,20+,21-,22-,23-,26-/m1/s1. The van der Waals surface area contributed by atoms with E-state index in [0.29, 0.717) is 11.5 Å². The van der Waals surface area contributed by atoms with Gasteiger partial charge in [-0.15, -0.1) is 11.8 Å². The normalized spacial score (nSPS) is 32.0. The number of amides is 1. The fourth-order valence-corrected chi connectivity index (χ4v) is 5.98. The average molecular weight is 526 g/mol. The molecule has 3 rings (SSSR count). The molecule has 1 aromatic rings. The maximum absolute atomic E-state index is 13.0. The number of hydrogen-bond donors (Lipinski definition) is 5. The topological polar surface area (TPSA) is 146 Å². The fourth-order valence-electron chi connectivity index (χ4n) is 5.01. The van der Waals surface area contributed by atoms with E-state index < -0.39 is 48.0 Å². The van der Waals surface area contributed by atoms with Crippen molar-refractivity contribution < 1.29 is 39.5 Å². The van der Waals surface area contributed by atoms with Gasteiger partial charge in [0.15, 0.2) is 0 Å². The number of hydrogen-bond acceptors (Lipinski definition) is 9. The van der Waals surface area contributed by atoms with Crippen molar-refractivity contribution in [3.05, 3.63) is 35.9 Å². The fraction of sp³-hybridized carbons (Fsp3) is 0.692. The Bertz CT molecular complexity index is 840. The average Bonchev–Trinajstić information content (AvgIpc) is 3.34. The molecular weight excluding hydrogens is 486 g/mol. The lowest BCUT2D eigenvalue weighted by Crippen LogP contribution is -2.65. The van der Waals surface area contributed by atoms with E-state index in [1.54, 1.807) is 30.3 Å². The third-order valence-corrected chi connectivity index (χ3v) is 8.13. The highest BCUT2D eigenvalue weighted by molar-refractivity contribution is 7.99. The molecule has 1 aromatic carbocycles. The Labute approximate surface area is 216 Å². The molecule has 0 bridgehead atoms. The first-order valence-corrected chi connectivity index (χ1v) is 13.8. The quantitative estimate of drug-likeness (QED) is 0.214. The number of esters is 1. The highest BCUT2D eigenvalue weighted by Gasteiger charge is 2.48. The Morgan fingerprint density at radius 3 is 2.53 bits per heavy atom. The number of benzene rings is 1. The third-order valence-electron chi connectivity index (χ3n) is 7.01. The predicted molar refractivity (Wildman–Crippen MR) is 135 cm³/mol. The van der Waals surface area contributed by atoms with Gasteiger partial charge in [0.25, 0.3) is 0 Å². The summed E-state index contributed by atoms with van der Waals surface area (Å²) < 4.78 is 11.2. The maximum Gasteiger partial charge on any atom is 0.338 e. The maximum atomic E-state index is 13.0. The zero-order chi connectivity index (χ0) is 26.2. The van der Waals surface area contributed by atoms with Gasteiger partial charge in [-0.05, 0) is 44.2 Å². The highest BCUT2D eigenvalue weighted by Crippen LogP contribution is 2.35. The summed E-state index contributed by atoms with van der Waals surface area (Å²) in [7, 11) is 0. The molecule has 1 amide bonds. The molecule has 5 N–H and O–H groups in total. The van der Waals surface area contributed by atoms with E-state index >= 15 is 0 Å². The van der Waals surface area contributed by atoms with Gasteiger partial charge >= 0.3 is 5.97 Å². The summed E-state index contributed by atoms with van der Waals surface area (Å²) in [6, 6.07) is 7.58. The first-order valence-electron chi connectivity index (χ1n) is 12.7. The Balaban J connectivity index is 1.56. The molecule has 1 aliphatic heterocycles. The summed E-state index contributed by atoms with van der Waals surface area (Å²) in [4.78, 5) is 25.0. The van der Waals surface area contributed by atoms with Gasteiger partial charge in [0.1, 0.15) is 36.5 Å². The Kier molecular flexibility index (Phi) is 11.0. The second-order valence-electron chi connectivity index (χ2n) is 9.75. The lowest BCUT2D eigenvalue weighted by atomic mass is 9.91. The predicted octanol–water partition coefficient (Wildman–Crippen LogP) is 1.47. The third kappa shape index (κ3) is 7.43. The van der Waals surface area contributed by atoms with Gasteiger partial charge in [-0.25, -0.2) is 4.79 Å². The zero-order valence-corrected chi connectivity index (χ0v) is 21.7. The number of thioether (sulfide) groups is 1. The van der Waals surface area contributed by atoms with Crippen LogP contribution in [0.4, 0.5) is 0 Å². The van der Waals surface area contributed by atoms with Gasteiger partial charge in [0, 0.05) is 11.7 Å². The molecule has 0 aromatic heterocycles. The smallest absolute Gasteiger partial charge is 0.338 e. The number of aliphatic hydroxyl groups excluding tert-OH is 4. The molecule has 2 fully saturated rings. The summed E-state index contributed by atoms with van der Waals surface area (Å²) in [5.74, 6) is -0.0558. The van der Waals surface area contributed by atoms with Crippen molar-refractivity contribution in [3.63, 3.8) is 0 Å². The minimum Gasteiger partial charge on any atom is -0.461 e. The van der Waals surface area contributed by atoms with Crippen LogP contribution in [0.15, 0.2) is 30.3 Å². The molecule has 2 aliphatic rings. The van der Waals surface area contributed by atoms with Crippen molar-refractivity contribution in [3.8, 4) is 0 Å². The summed E-state index contributed by atoms with van der Waals surface area (Å²) in [6.07, 6.45) is -1.94. The van der Waals surface area contributed by atoms with E-state index in [1.807, 2.05) is 0 Å². The Hall–Kier alpha value is -1.69. The molecule has 202 valence electrons. The van der Waals surface area contributed by atoms with E-state index in [2.05, 4.69) is 12.2 Å². The van der Waals surface area contributed by atoms with Crippen LogP contribution >= 0.6 is 11.8 Å². The van der Waals surface area contributed by atoms with Gasteiger partial charge in [0.2, 0.25) is 5.91 Å². The second kappa shape index (κ2) is 13.7. The SMILES string of the molecule is CCC[C@H]1CC[C@H](C(=O)N[C@@H]([C@H]2O[C@H](SCCOC(=O)c3ccccc3)[C@H](O)[C@@H](O)[C@H]2O)[C@@H](C)O)C1. The van der Waals surface area contributed by atoms with Crippen LogP contribution < -0.4 is 5.32 Å². The molecule has 0 spiro atoms. The summed E-state index contributed by atoms with van der Waals surface area (Å²) in [5.41, 5.74) is -0.531. The van der Waals surface area contributed by atoms with Crippen LogP contribution in [-0.4, -0.2) is 86.7 Å². The number of aliphatic hydroxyl groups is 4. The Morgan fingerprint density at radius 1 is 1.14 bits per heavy atom. The number of rotatable bonds is 11. The minimum absolute atomic E-state index is 0.0471. The molecule has 10 heteroatoms. The molecule has 1 aliphatic carbocycles. The zero-order valence-electron chi connectivity index (χ0n) is 20.9. The number of nitrogens with one attached hydrogen (secondary N) is 1. The molecule has 1 heterocycles. The molecule has 9 nitrogen and oxygen atoms in total. The summed E-state index contributed by atoms with van der Waals surface area (Å²) in [5, 5.41) is 44.8. The number of carbonyl (C=O) groups is 2. The van der Waals surface area contributed by atoms with Crippen molar-refractivity contribution in [2.45, 2.75) is 87.9 Å². The molecule has 0 radical (unpaired) electrons. The van der Waals surface area contributed by atoms with Crippen molar-refractivity contribution in [1.82, 2.24) is 5.32 Å². The van der Waals surface area contributed by atoms with Crippen molar-refractivity contribution in [2.24, 2.45) is 11.8 Å². The van der Waals surface area contributed by atoms with Crippen LogP contribution in [0.25, 0.3) is 0 Å². The van der Waals surface area contributed by atoms with Crippen LogP contribution in [0.5, 0.6) is 0 Å². The first kappa shape index (κ1) is 28.9. The van der Waals surface area contributed by atoms with E-state index in [1.165, 1.54) is 6.92 Å². The second-order valence-corrected chi connectivity index (χ2v) is 11.0. The minimum atomic E-state index is -1.54. The molecule has 0 unspecified atom stereocenters. The highest BCUT2D eigenvalue weighted by atomic mass is 32.2. The molecule has 9 atom stereocenters. The summed E-state index contributed by atoms with van der Waals surface area (Å²) in [6.45, 7) is 3.66. The molecule has 36 heavy (non-hydrogen) atoms. The largest absolute Gasteiger partial charge is 0.461 e. The monoisotopic (exact) mass is 525 g/mol. The van der Waals surface area contributed by atoms with Gasteiger partial charge in [-0.3, -0.25) is 4.79 Å². The number of ether oxygens (including phenoxy) is 2. The molecule has 1 saturated heterocycles. The van der Waals surface area contributed by atoms with E-state index in [-0.39, 0.29) is 24.2 Å². The van der Waals surface area contributed by atoms with Crippen LogP contribution in [0.1, 0.15) is 56.3 Å². The van der Waals surface area contributed by atoms with Crippen molar-refractivity contribution in [1.29, 1.82) is 0 Å². The van der Waals surface area contributed by atoms with Crippen LogP contribution in [0.3, 0.4) is 0 Å². The van der Waals surface area contributed by atoms with E-state index in [0.717, 1.165) is 43.9 Å². The van der Waals surface area contributed by atoms with Crippen molar-refractivity contribution in [2.75, 3.05) is 12.4 Å². The lowest BCUT2D eigenvalue weighted by molar-refractivity contribution is -0.211.